The van der Waals surface area contributed by atoms with E-state index in [1.807, 2.05) is 0 Å². The summed E-state index contributed by atoms with van der Waals surface area (Å²) in [6.45, 7) is 4.88. The number of benzene rings is 1. The number of nitrogens with zero attached hydrogens (tertiary/aromatic N) is 2. The molecule has 1 rings (SSSR count). The Morgan fingerprint density at radius 1 is 0.792 bits per heavy atom. The van der Waals surface area contributed by atoms with E-state index in [4.69, 9.17) is 9.47 Å². The third kappa shape index (κ3) is 6.02. The molecule has 0 aliphatic heterocycles. The molecule has 0 saturated heterocycles. The number of ether oxygens (including phenoxy) is 2. The van der Waals surface area contributed by atoms with Gasteiger partial charge in [0.1, 0.15) is 0 Å². The van der Waals surface area contributed by atoms with Gasteiger partial charge in [-0.05, 0) is 12.8 Å². The first-order valence-electron chi connectivity index (χ1n) is 8.23. The minimum absolute atomic E-state index is 0.180. The summed E-state index contributed by atoms with van der Waals surface area (Å²) in [5.41, 5.74) is -1.18. The van der Waals surface area contributed by atoms with Crippen LogP contribution in [0, 0.1) is 20.2 Å². The Morgan fingerprint density at radius 3 is 1.46 bits per heavy atom. The average molecular weight is 340 g/mol. The van der Waals surface area contributed by atoms with Gasteiger partial charge in [0.2, 0.25) is 0 Å². The van der Waals surface area contributed by atoms with E-state index >= 15 is 0 Å². The van der Waals surface area contributed by atoms with Crippen LogP contribution in [0.15, 0.2) is 12.1 Å². The fraction of sp³-hybridized carbons (Fsp3) is 0.625. The van der Waals surface area contributed by atoms with Crippen molar-refractivity contribution in [1.82, 2.24) is 0 Å². The number of hydrogen-bond acceptors (Lipinski definition) is 6. The lowest BCUT2D eigenvalue weighted by atomic mass is 10.2. The first-order valence-corrected chi connectivity index (χ1v) is 8.23. The molecular formula is C16H24N2O6. The van der Waals surface area contributed by atoms with E-state index in [0.717, 1.165) is 50.7 Å². The van der Waals surface area contributed by atoms with Crippen molar-refractivity contribution in [1.29, 1.82) is 0 Å². The van der Waals surface area contributed by atoms with Gasteiger partial charge in [-0.15, -0.1) is 0 Å². The minimum atomic E-state index is -0.780. The zero-order valence-electron chi connectivity index (χ0n) is 14.2. The SMILES string of the molecule is CCCCCOc1cc([N+](=O)[O-])c([N+](=O)[O-])cc1OCCCCC. The summed E-state index contributed by atoms with van der Waals surface area (Å²) in [6, 6.07) is 2.17. The van der Waals surface area contributed by atoms with Crippen molar-refractivity contribution in [2.45, 2.75) is 52.4 Å². The van der Waals surface area contributed by atoms with Crippen molar-refractivity contribution < 1.29 is 19.3 Å². The topological polar surface area (TPSA) is 105 Å². The van der Waals surface area contributed by atoms with Crippen molar-refractivity contribution in [3.8, 4) is 11.5 Å². The zero-order valence-corrected chi connectivity index (χ0v) is 14.2. The standard InChI is InChI=1S/C16H24N2O6/c1-3-5-7-9-23-15-11-13(17(19)20)14(18(21)22)12-16(15)24-10-8-6-4-2/h11-12H,3-10H2,1-2H3. The summed E-state index contributed by atoms with van der Waals surface area (Å²) in [4.78, 5) is 20.6. The molecular weight excluding hydrogens is 316 g/mol. The van der Waals surface area contributed by atoms with E-state index < -0.39 is 21.2 Å². The van der Waals surface area contributed by atoms with E-state index in [1.165, 1.54) is 0 Å². The molecule has 0 atom stereocenters. The molecule has 0 unspecified atom stereocenters. The highest BCUT2D eigenvalue weighted by Crippen LogP contribution is 2.39. The zero-order chi connectivity index (χ0) is 17.9. The maximum Gasteiger partial charge on any atom is 0.350 e. The van der Waals surface area contributed by atoms with Gasteiger partial charge in [-0.25, -0.2) is 0 Å². The molecule has 0 aromatic heterocycles. The lowest BCUT2D eigenvalue weighted by molar-refractivity contribution is -0.422. The molecule has 0 heterocycles. The number of rotatable bonds is 12. The summed E-state index contributed by atoms with van der Waals surface area (Å²) in [7, 11) is 0. The summed E-state index contributed by atoms with van der Waals surface area (Å²) < 4.78 is 11.1. The molecule has 0 radical (unpaired) electrons. The molecule has 8 heteroatoms. The molecule has 8 nitrogen and oxygen atoms in total. The third-order valence-corrected chi connectivity index (χ3v) is 3.45. The van der Waals surface area contributed by atoms with Gasteiger partial charge in [-0.2, -0.15) is 0 Å². The fourth-order valence-corrected chi connectivity index (χ4v) is 2.12. The van der Waals surface area contributed by atoms with Gasteiger partial charge in [0.25, 0.3) is 0 Å². The molecule has 0 amide bonds. The highest BCUT2D eigenvalue weighted by molar-refractivity contribution is 5.62. The second-order valence-electron chi connectivity index (χ2n) is 5.41. The van der Waals surface area contributed by atoms with Crippen molar-refractivity contribution in [3.63, 3.8) is 0 Å². The molecule has 0 fully saturated rings. The van der Waals surface area contributed by atoms with Crippen LogP contribution in [0.1, 0.15) is 52.4 Å². The van der Waals surface area contributed by atoms with Gasteiger partial charge < -0.3 is 9.47 Å². The number of nitro groups is 2. The van der Waals surface area contributed by atoms with Gasteiger partial charge in [-0.3, -0.25) is 20.2 Å². The van der Waals surface area contributed by atoms with Crippen LogP contribution in [-0.4, -0.2) is 23.1 Å². The van der Waals surface area contributed by atoms with Gasteiger partial charge in [0.05, 0.1) is 35.2 Å². The van der Waals surface area contributed by atoms with Crippen LogP contribution in [0.25, 0.3) is 0 Å². The first kappa shape index (κ1) is 19.7. The molecule has 0 aliphatic rings. The number of hydrogen-bond donors (Lipinski definition) is 0. The van der Waals surface area contributed by atoms with Crippen LogP contribution in [-0.2, 0) is 0 Å². The average Bonchev–Trinajstić information content (AvgIpc) is 2.55. The molecule has 24 heavy (non-hydrogen) atoms. The molecule has 1 aromatic rings. The van der Waals surface area contributed by atoms with Crippen molar-refractivity contribution >= 4 is 11.4 Å². The van der Waals surface area contributed by atoms with E-state index in [9.17, 15) is 20.2 Å². The number of nitro benzene ring substituents is 2. The predicted octanol–water partition coefficient (Wildman–Crippen LogP) is 4.64. The van der Waals surface area contributed by atoms with E-state index in [0.29, 0.717) is 13.2 Å². The Kier molecular flexibility index (Phi) is 8.53. The maximum absolute atomic E-state index is 11.1. The first-order chi connectivity index (χ1) is 11.5. The highest BCUT2D eigenvalue weighted by atomic mass is 16.6. The van der Waals surface area contributed by atoms with Crippen molar-refractivity contribution in [2.75, 3.05) is 13.2 Å². The highest BCUT2D eigenvalue weighted by Gasteiger charge is 2.28. The normalized spacial score (nSPS) is 10.4. The van der Waals surface area contributed by atoms with E-state index in [2.05, 4.69) is 13.8 Å². The molecule has 1 aromatic carbocycles. The van der Waals surface area contributed by atoms with Crippen LogP contribution < -0.4 is 9.47 Å². The van der Waals surface area contributed by atoms with Crippen molar-refractivity contribution in [2.24, 2.45) is 0 Å². The molecule has 0 saturated carbocycles. The minimum Gasteiger partial charge on any atom is -0.489 e. The fourth-order valence-electron chi connectivity index (χ4n) is 2.12. The Hall–Kier alpha value is -2.38. The van der Waals surface area contributed by atoms with Crippen molar-refractivity contribution in [3.05, 3.63) is 32.4 Å². The van der Waals surface area contributed by atoms with Crippen LogP contribution in [0.5, 0.6) is 11.5 Å². The second kappa shape index (κ2) is 10.4. The second-order valence-corrected chi connectivity index (χ2v) is 5.41. The largest absolute Gasteiger partial charge is 0.489 e. The van der Waals surface area contributed by atoms with Gasteiger partial charge in [-0.1, -0.05) is 39.5 Å². The number of unbranched alkanes of at least 4 members (excludes halogenated alkanes) is 4. The van der Waals surface area contributed by atoms with E-state index in [-0.39, 0.29) is 11.5 Å². The Balaban J connectivity index is 3.02. The van der Waals surface area contributed by atoms with Crippen LogP contribution in [0.2, 0.25) is 0 Å². The smallest absolute Gasteiger partial charge is 0.350 e. The quantitative estimate of drug-likeness (QED) is 0.312. The van der Waals surface area contributed by atoms with Gasteiger partial charge >= 0.3 is 11.4 Å². The third-order valence-electron chi connectivity index (χ3n) is 3.45. The summed E-state index contributed by atoms with van der Waals surface area (Å²) >= 11 is 0. The molecule has 0 spiro atoms. The monoisotopic (exact) mass is 340 g/mol. The van der Waals surface area contributed by atoms with Crippen LogP contribution in [0.3, 0.4) is 0 Å². The lowest BCUT2D eigenvalue weighted by Crippen LogP contribution is -2.05. The summed E-state index contributed by atoms with van der Waals surface area (Å²) in [6.07, 6.45) is 5.59. The van der Waals surface area contributed by atoms with Crippen LogP contribution >= 0.6 is 0 Å². The van der Waals surface area contributed by atoms with Crippen LogP contribution in [0.4, 0.5) is 11.4 Å². The molecule has 134 valence electrons. The lowest BCUT2D eigenvalue weighted by Gasteiger charge is -2.12. The Labute approximate surface area is 141 Å². The van der Waals surface area contributed by atoms with Gasteiger partial charge in [0.15, 0.2) is 11.5 Å². The van der Waals surface area contributed by atoms with Gasteiger partial charge in [0, 0.05) is 0 Å². The molecule has 0 bridgehead atoms. The Bertz CT molecular complexity index is 513. The van der Waals surface area contributed by atoms with E-state index in [1.54, 1.807) is 0 Å². The molecule has 0 aliphatic carbocycles. The summed E-state index contributed by atoms with van der Waals surface area (Å²) in [5, 5.41) is 22.1. The Morgan fingerprint density at radius 2 is 1.17 bits per heavy atom. The predicted molar refractivity (Wildman–Crippen MR) is 89.8 cm³/mol. The molecule has 0 N–H and O–H groups in total. The summed E-state index contributed by atoms with van der Waals surface area (Å²) in [5.74, 6) is 0.361. The maximum atomic E-state index is 11.1.